The van der Waals surface area contributed by atoms with Crippen LogP contribution in [0.25, 0.3) is 0 Å². The summed E-state index contributed by atoms with van der Waals surface area (Å²) < 4.78 is 16.1. The van der Waals surface area contributed by atoms with Gasteiger partial charge in [-0.2, -0.15) is 0 Å². The van der Waals surface area contributed by atoms with Crippen LogP contribution in [0, 0.1) is 0 Å². The Kier molecular flexibility index (Phi) is 3.58. The van der Waals surface area contributed by atoms with Gasteiger partial charge in [0.25, 0.3) is 0 Å². The van der Waals surface area contributed by atoms with Crippen LogP contribution in [0.2, 0.25) is 0 Å². The van der Waals surface area contributed by atoms with E-state index in [1.807, 2.05) is 0 Å². The minimum Gasteiger partial charge on any atom is -0.479 e. The molecule has 124 valence electrons. The summed E-state index contributed by atoms with van der Waals surface area (Å²) in [4.78, 5) is 25.4. The molecule has 0 aliphatic carbocycles. The summed E-state index contributed by atoms with van der Waals surface area (Å²) in [7, 11) is 0. The highest BCUT2D eigenvalue weighted by Crippen LogP contribution is 2.43. The first-order valence-corrected chi connectivity index (χ1v) is 7.42. The third kappa shape index (κ3) is 2.78. The molecule has 2 heterocycles. The predicted octanol–water partition coefficient (Wildman–Crippen LogP) is 2.33. The average Bonchev–Trinajstić information content (AvgIpc) is 2.92. The van der Waals surface area contributed by atoms with E-state index >= 15 is 0 Å². The van der Waals surface area contributed by atoms with Crippen molar-refractivity contribution in [2.24, 2.45) is 0 Å². The van der Waals surface area contributed by atoms with Gasteiger partial charge in [-0.05, 0) is 38.8 Å². The second-order valence-electron chi connectivity index (χ2n) is 6.53. The maximum Gasteiger partial charge on any atom is 0.411 e. The largest absolute Gasteiger partial charge is 0.479 e. The van der Waals surface area contributed by atoms with Gasteiger partial charge in [0.05, 0.1) is 0 Å². The van der Waals surface area contributed by atoms with E-state index in [9.17, 15) is 14.7 Å². The zero-order valence-electron chi connectivity index (χ0n) is 13.3. The molecule has 1 atom stereocenters. The van der Waals surface area contributed by atoms with Crippen LogP contribution in [0.1, 0.15) is 37.9 Å². The number of aliphatic carboxylic acids is 1. The van der Waals surface area contributed by atoms with E-state index in [1.165, 1.54) is 4.90 Å². The Morgan fingerprint density at radius 2 is 2.04 bits per heavy atom. The lowest BCUT2D eigenvalue weighted by Gasteiger charge is -2.36. The first-order valence-electron chi connectivity index (χ1n) is 7.42. The van der Waals surface area contributed by atoms with E-state index in [4.69, 9.17) is 14.2 Å². The third-order valence-electron chi connectivity index (χ3n) is 3.75. The van der Waals surface area contributed by atoms with E-state index in [-0.39, 0.29) is 13.3 Å². The number of nitrogens with zero attached hydrogens (tertiary/aromatic N) is 1. The molecule has 0 radical (unpaired) electrons. The monoisotopic (exact) mass is 321 g/mol. The highest BCUT2D eigenvalue weighted by molar-refractivity contribution is 5.83. The second-order valence-corrected chi connectivity index (χ2v) is 6.53. The van der Waals surface area contributed by atoms with Crippen molar-refractivity contribution in [3.63, 3.8) is 0 Å². The van der Waals surface area contributed by atoms with Gasteiger partial charge in [-0.25, -0.2) is 9.59 Å². The summed E-state index contributed by atoms with van der Waals surface area (Å²) in [6.45, 7) is 5.61. The lowest BCUT2D eigenvalue weighted by Crippen LogP contribution is -2.45. The molecule has 0 saturated carbocycles. The van der Waals surface area contributed by atoms with E-state index in [0.717, 1.165) is 5.56 Å². The molecule has 1 aromatic carbocycles. The van der Waals surface area contributed by atoms with Gasteiger partial charge in [-0.15, -0.1) is 0 Å². The smallest absolute Gasteiger partial charge is 0.411 e. The fourth-order valence-corrected chi connectivity index (χ4v) is 2.87. The van der Waals surface area contributed by atoms with E-state index in [2.05, 4.69) is 0 Å². The van der Waals surface area contributed by atoms with Gasteiger partial charge >= 0.3 is 12.1 Å². The minimum absolute atomic E-state index is 0.124. The van der Waals surface area contributed by atoms with Gasteiger partial charge in [0.2, 0.25) is 6.79 Å². The van der Waals surface area contributed by atoms with Gasteiger partial charge < -0.3 is 19.3 Å². The molecule has 0 aromatic heterocycles. The number of hydrogen-bond acceptors (Lipinski definition) is 5. The molecule has 23 heavy (non-hydrogen) atoms. The molecule has 2 aliphatic heterocycles. The number of rotatable bonds is 1. The molecule has 0 fully saturated rings. The third-order valence-corrected chi connectivity index (χ3v) is 3.75. The highest BCUT2D eigenvalue weighted by atomic mass is 16.7. The lowest BCUT2D eigenvalue weighted by molar-refractivity contribution is -0.143. The minimum atomic E-state index is -1.10. The molecule has 0 bridgehead atoms. The van der Waals surface area contributed by atoms with Crippen LogP contribution in [0.15, 0.2) is 12.1 Å². The number of hydrogen-bond donors (Lipinski definition) is 1. The molecule has 0 saturated heterocycles. The van der Waals surface area contributed by atoms with Crippen molar-refractivity contribution in [2.75, 3.05) is 13.3 Å². The second kappa shape index (κ2) is 5.33. The molecular weight excluding hydrogens is 302 g/mol. The maximum atomic E-state index is 12.4. The summed E-state index contributed by atoms with van der Waals surface area (Å²) >= 11 is 0. The summed E-state index contributed by atoms with van der Waals surface area (Å²) in [5, 5.41) is 9.63. The van der Waals surface area contributed by atoms with Gasteiger partial charge in [-0.1, -0.05) is 6.07 Å². The summed E-state index contributed by atoms with van der Waals surface area (Å²) in [5.41, 5.74) is 0.640. The van der Waals surface area contributed by atoms with Crippen LogP contribution in [0.4, 0.5) is 4.79 Å². The highest BCUT2D eigenvalue weighted by Gasteiger charge is 2.40. The molecule has 1 N–H and O–H groups in total. The molecule has 2 aliphatic rings. The van der Waals surface area contributed by atoms with Crippen molar-refractivity contribution in [2.45, 2.75) is 38.8 Å². The Hall–Kier alpha value is -2.44. The quantitative estimate of drug-likeness (QED) is 0.854. The van der Waals surface area contributed by atoms with Crippen LogP contribution in [0.3, 0.4) is 0 Å². The molecule has 7 nitrogen and oxygen atoms in total. The molecule has 1 amide bonds. The Morgan fingerprint density at radius 1 is 1.30 bits per heavy atom. The van der Waals surface area contributed by atoms with Crippen molar-refractivity contribution < 1.29 is 28.9 Å². The maximum absolute atomic E-state index is 12.4. The van der Waals surface area contributed by atoms with E-state index < -0.39 is 23.7 Å². The van der Waals surface area contributed by atoms with Gasteiger partial charge in [-0.3, -0.25) is 4.90 Å². The Labute approximate surface area is 133 Å². The number of amides is 1. The summed E-state index contributed by atoms with van der Waals surface area (Å²) in [5.74, 6) is 0.0897. The number of fused-ring (bicyclic) bond motifs is 3. The lowest BCUT2D eigenvalue weighted by atomic mass is 9.91. The first kappa shape index (κ1) is 15.5. The average molecular weight is 321 g/mol. The van der Waals surface area contributed by atoms with Crippen molar-refractivity contribution in [1.29, 1.82) is 0 Å². The normalized spacial score (nSPS) is 19.3. The van der Waals surface area contributed by atoms with E-state index in [0.29, 0.717) is 23.5 Å². The number of ether oxygens (including phenoxy) is 3. The first-order chi connectivity index (χ1) is 10.8. The van der Waals surface area contributed by atoms with Crippen LogP contribution in [-0.2, 0) is 16.0 Å². The summed E-state index contributed by atoms with van der Waals surface area (Å²) in [6.07, 6.45) is -0.140. The Morgan fingerprint density at radius 3 is 2.70 bits per heavy atom. The zero-order chi connectivity index (χ0) is 16.8. The number of carbonyl (C=O) groups is 2. The predicted molar refractivity (Wildman–Crippen MR) is 79.6 cm³/mol. The van der Waals surface area contributed by atoms with Crippen LogP contribution < -0.4 is 9.47 Å². The van der Waals surface area contributed by atoms with E-state index in [1.54, 1.807) is 32.9 Å². The molecule has 1 unspecified atom stereocenters. The van der Waals surface area contributed by atoms with Crippen LogP contribution >= 0.6 is 0 Å². The van der Waals surface area contributed by atoms with Crippen LogP contribution in [0.5, 0.6) is 11.5 Å². The van der Waals surface area contributed by atoms with Crippen molar-refractivity contribution in [1.82, 2.24) is 4.90 Å². The fourth-order valence-electron chi connectivity index (χ4n) is 2.87. The van der Waals surface area contributed by atoms with Gasteiger partial charge in [0.15, 0.2) is 17.5 Å². The van der Waals surface area contributed by atoms with Gasteiger partial charge in [0.1, 0.15) is 5.60 Å². The van der Waals surface area contributed by atoms with Gasteiger partial charge in [0, 0.05) is 12.1 Å². The number of carboxylic acids is 1. The number of carboxylic acid groups (broad SMARTS) is 1. The standard InChI is InChI=1S/C16H19NO6/c1-16(2,3)23-15(20)17-7-6-10-9(12(17)14(18)19)4-5-11-13(10)22-8-21-11/h4-5,12H,6-8H2,1-3H3,(H,18,19). The Bertz CT molecular complexity index is 663. The summed E-state index contributed by atoms with van der Waals surface area (Å²) in [6, 6.07) is 2.26. The fraction of sp³-hybridized carbons (Fsp3) is 0.500. The molecular formula is C16H19NO6. The molecule has 0 spiro atoms. The number of carbonyl (C=O) groups excluding carboxylic acids is 1. The molecule has 1 aromatic rings. The SMILES string of the molecule is CC(C)(C)OC(=O)N1CCc2c(ccc3c2OCO3)C1C(=O)O. The number of benzene rings is 1. The van der Waals surface area contributed by atoms with Crippen LogP contribution in [-0.4, -0.2) is 41.0 Å². The zero-order valence-corrected chi connectivity index (χ0v) is 13.3. The molecule has 3 rings (SSSR count). The van der Waals surface area contributed by atoms with Crippen molar-refractivity contribution in [3.05, 3.63) is 23.3 Å². The Balaban J connectivity index is 1.97. The molecule has 7 heteroatoms. The topological polar surface area (TPSA) is 85.3 Å². The van der Waals surface area contributed by atoms with Crippen molar-refractivity contribution >= 4 is 12.1 Å². The van der Waals surface area contributed by atoms with Crippen molar-refractivity contribution in [3.8, 4) is 11.5 Å².